The van der Waals surface area contributed by atoms with E-state index in [1.165, 1.54) is 12.1 Å². The number of rotatable bonds is 6. The van der Waals surface area contributed by atoms with Gasteiger partial charge in [0.25, 0.3) is 5.91 Å². The summed E-state index contributed by atoms with van der Waals surface area (Å²) in [6, 6.07) is 8.45. The van der Waals surface area contributed by atoms with Gasteiger partial charge in [0.05, 0.1) is 12.1 Å². The average Bonchev–Trinajstić information content (AvgIpc) is 2.60. The highest BCUT2D eigenvalue weighted by atomic mass is 19.4. The Morgan fingerprint density at radius 2 is 1.61 bits per heavy atom. The molecule has 2 rings (SSSR count). The molecular formula is C20H21F3N2O3. The van der Waals surface area contributed by atoms with Crippen LogP contribution in [0.1, 0.15) is 22.3 Å². The first kappa shape index (κ1) is 21.3. The lowest BCUT2D eigenvalue weighted by Crippen LogP contribution is -2.36. The molecule has 0 saturated heterocycles. The maximum absolute atomic E-state index is 12.9. The van der Waals surface area contributed by atoms with Crippen molar-refractivity contribution in [2.24, 2.45) is 0 Å². The SMILES string of the molecule is Cc1cc(C)c(NC(=O)CNC(=O)COc2ccccc2C(F)(F)F)c(C)c1. The van der Waals surface area contributed by atoms with Crippen molar-refractivity contribution in [3.8, 4) is 5.75 Å². The fourth-order valence-corrected chi connectivity index (χ4v) is 2.76. The summed E-state index contributed by atoms with van der Waals surface area (Å²) in [5.74, 6) is -1.59. The van der Waals surface area contributed by atoms with Gasteiger partial charge in [-0.25, -0.2) is 0 Å². The predicted octanol–water partition coefficient (Wildman–Crippen LogP) is 3.76. The van der Waals surface area contributed by atoms with Crippen LogP contribution in [0.5, 0.6) is 5.75 Å². The number of alkyl halides is 3. The number of halogens is 3. The predicted molar refractivity (Wildman–Crippen MR) is 99.2 cm³/mol. The van der Waals surface area contributed by atoms with Crippen LogP contribution in [-0.2, 0) is 15.8 Å². The molecule has 2 amide bonds. The molecule has 5 nitrogen and oxygen atoms in total. The van der Waals surface area contributed by atoms with Crippen LogP contribution in [0, 0.1) is 20.8 Å². The zero-order chi connectivity index (χ0) is 20.9. The third-order valence-corrected chi connectivity index (χ3v) is 3.94. The quantitative estimate of drug-likeness (QED) is 0.784. The topological polar surface area (TPSA) is 67.4 Å². The first-order valence-electron chi connectivity index (χ1n) is 8.51. The molecule has 0 aliphatic heterocycles. The summed E-state index contributed by atoms with van der Waals surface area (Å²) >= 11 is 0. The fourth-order valence-electron chi connectivity index (χ4n) is 2.76. The van der Waals surface area contributed by atoms with Gasteiger partial charge >= 0.3 is 6.18 Å². The second-order valence-electron chi connectivity index (χ2n) is 6.38. The number of benzene rings is 2. The Balaban J connectivity index is 1.88. The van der Waals surface area contributed by atoms with Crippen LogP contribution in [-0.4, -0.2) is 25.0 Å². The zero-order valence-corrected chi connectivity index (χ0v) is 15.7. The smallest absolute Gasteiger partial charge is 0.419 e. The minimum absolute atomic E-state index is 0.324. The summed E-state index contributed by atoms with van der Waals surface area (Å²) in [4.78, 5) is 23.9. The zero-order valence-electron chi connectivity index (χ0n) is 15.7. The Labute approximate surface area is 160 Å². The second-order valence-corrected chi connectivity index (χ2v) is 6.38. The molecule has 0 spiro atoms. The van der Waals surface area contributed by atoms with Crippen LogP contribution in [0.2, 0.25) is 0 Å². The summed E-state index contributed by atoms with van der Waals surface area (Å²) in [6.07, 6.45) is -4.59. The highest BCUT2D eigenvalue weighted by Gasteiger charge is 2.34. The number of amides is 2. The number of nitrogens with one attached hydrogen (secondary N) is 2. The Morgan fingerprint density at radius 3 is 2.21 bits per heavy atom. The summed E-state index contributed by atoms with van der Waals surface area (Å²) in [7, 11) is 0. The molecule has 0 atom stereocenters. The number of carbonyl (C=O) groups excluding carboxylic acids is 2. The van der Waals surface area contributed by atoms with Gasteiger partial charge in [-0.2, -0.15) is 13.2 Å². The molecule has 0 aliphatic rings. The number of hydrogen-bond acceptors (Lipinski definition) is 3. The van der Waals surface area contributed by atoms with Crippen molar-refractivity contribution in [1.82, 2.24) is 5.32 Å². The standard InChI is InChI=1S/C20H21F3N2O3/c1-12-8-13(2)19(14(3)9-12)25-17(26)10-24-18(27)11-28-16-7-5-4-6-15(16)20(21,22)23/h4-9H,10-11H2,1-3H3,(H,24,27)(H,25,26). The summed E-state index contributed by atoms with van der Waals surface area (Å²) in [5.41, 5.74) is 2.55. The molecule has 28 heavy (non-hydrogen) atoms. The highest BCUT2D eigenvalue weighted by molar-refractivity contribution is 5.95. The first-order valence-corrected chi connectivity index (χ1v) is 8.51. The maximum Gasteiger partial charge on any atom is 0.419 e. The van der Waals surface area contributed by atoms with Gasteiger partial charge in [-0.1, -0.05) is 29.8 Å². The summed E-state index contributed by atoms with van der Waals surface area (Å²) in [5, 5.41) is 5.04. The molecule has 0 aliphatic carbocycles. The van der Waals surface area contributed by atoms with Crippen LogP contribution in [0.15, 0.2) is 36.4 Å². The van der Waals surface area contributed by atoms with Gasteiger partial charge in [-0.05, 0) is 44.0 Å². The Kier molecular flexibility index (Phi) is 6.66. The minimum atomic E-state index is -4.59. The van der Waals surface area contributed by atoms with Crippen molar-refractivity contribution in [1.29, 1.82) is 0 Å². The molecular weight excluding hydrogens is 373 g/mol. The Hall–Kier alpha value is -3.03. The van der Waals surface area contributed by atoms with Crippen LogP contribution in [0.25, 0.3) is 0 Å². The second kappa shape index (κ2) is 8.77. The molecule has 0 saturated carbocycles. The minimum Gasteiger partial charge on any atom is -0.483 e. The molecule has 0 unspecified atom stereocenters. The van der Waals surface area contributed by atoms with Gasteiger partial charge in [0.15, 0.2) is 6.61 Å². The lowest BCUT2D eigenvalue weighted by Gasteiger charge is -2.14. The third-order valence-electron chi connectivity index (χ3n) is 3.94. The van der Waals surface area contributed by atoms with Crippen molar-refractivity contribution in [3.63, 3.8) is 0 Å². The maximum atomic E-state index is 12.9. The number of hydrogen-bond donors (Lipinski definition) is 2. The molecule has 0 fully saturated rings. The van der Waals surface area contributed by atoms with Crippen LogP contribution in [0.3, 0.4) is 0 Å². The van der Waals surface area contributed by atoms with E-state index in [9.17, 15) is 22.8 Å². The van der Waals surface area contributed by atoms with E-state index in [0.29, 0.717) is 5.69 Å². The molecule has 0 heterocycles. The van der Waals surface area contributed by atoms with Crippen molar-refractivity contribution < 1.29 is 27.5 Å². The lowest BCUT2D eigenvalue weighted by atomic mass is 10.1. The molecule has 0 radical (unpaired) electrons. The van der Waals surface area contributed by atoms with Gasteiger partial charge in [-0.15, -0.1) is 0 Å². The average molecular weight is 394 g/mol. The van der Waals surface area contributed by atoms with Gasteiger partial charge in [-0.3, -0.25) is 9.59 Å². The summed E-state index contributed by atoms with van der Waals surface area (Å²) < 4.78 is 43.6. The molecule has 2 N–H and O–H groups in total. The van der Waals surface area contributed by atoms with E-state index < -0.39 is 35.9 Å². The van der Waals surface area contributed by atoms with Gasteiger partial charge in [0.2, 0.25) is 5.91 Å². The van der Waals surface area contributed by atoms with E-state index in [-0.39, 0.29) is 6.54 Å². The first-order chi connectivity index (χ1) is 13.1. The monoisotopic (exact) mass is 394 g/mol. The molecule has 150 valence electrons. The summed E-state index contributed by atoms with van der Waals surface area (Å²) in [6.45, 7) is 4.71. The molecule has 2 aromatic rings. The van der Waals surface area contributed by atoms with Crippen LogP contribution in [0.4, 0.5) is 18.9 Å². The fraction of sp³-hybridized carbons (Fsp3) is 0.300. The van der Waals surface area contributed by atoms with E-state index in [1.54, 1.807) is 0 Å². The van der Waals surface area contributed by atoms with Gasteiger partial charge in [0.1, 0.15) is 5.75 Å². The number of para-hydroxylation sites is 1. The van der Waals surface area contributed by atoms with Crippen molar-refractivity contribution in [2.45, 2.75) is 26.9 Å². The van der Waals surface area contributed by atoms with E-state index in [0.717, 1.165) is 28.8 Å². The van der Waals surface area contributed by atoms with Crippen LogP contribution < -0.4 is 15.4 Å². The number of aryl methyl sites for hydroxylation is 3. The van der Waals surface area contributed by atoms with E-state index >= 15 is 0 Å². The van der Waals surface area contributed by atoms with E-state index in [4.69, 9.17) is 4.74 Å². The Morgan fingerprint density at radius 1 is 1.00 bits per heavy atom. The number of carbonyl (C=O) groups is 2. The Bertz CT molecular complexity index is 856. The normalized spacial score (nSPS) is 11.1. The molecule has 8 heteroatoms. The largest absolute Gasteiger partial charge is 0.483 e. The van der Waals surface area contributed by atoms with Gasteiger partial charge in [0, 0.05) is 5.69 Å². The van der Waals surface area contributed by atoms with Crippen LogP contribution >= 0.6 is 0 Å². The van der Waals surface area contributed by atoms with E-state index in [2.05, 4.69) is 10.6 Å². The van der Waals surface area contributed by atoms with Crippen molar-refractivity contribution in [3.05, 3.63) is 58.7 Å². The van der Waals surface area contributed by atoms with E-state index in [1.807, 2.05) is 32.9 Å². The van der Waals surface area contributed by atoms with Crippen molar-refractivity contribution in [2.75, 3.05) is 18.5 Å². The van der Waals surface area contributed by atoms with Crippen molar-refractivity contribution >= 4 is 17.5 Å². The number of anilines is 1. The molecule has 2 aromatic carbocycles. The molecule has 0 bridgehead atoms. The molecule has 0 aromatic heterocycles. The van der Waals surface area contributed by atoms with Gasteiger partial charge < -0.3 is 15.4 Å². The highest BCUT2D eigenvalue weighted by Crippen LogP contribution is 2.35. The third kappa shape index (κ3) is 5.73. The lowest BCUT2D eigenvalue weighted by molar-refractivity contribution is -0.139. The number of ether oxygens (including phenoxy) is 1.